The topological polar surface area (TPSA) is 18.5 Å². The van der Waals surface area contributed by atoms with Crippen LogP contribution in [0.3, 0.4) is 0 Å². The molecule has 0 aromatic rings. The first-order chi connectivity index (χ1) is 4.18. The molecule has 0 unspecified atom stereocenters. The van der Waals surface area contributed by atoms with Gasteiger partial charge in [-0.05, 0) is 6.42 Å². The van der Waals surface area contributed by atoms with E-state index < -0.39 is 5.12 Å². The first kappa shape index (κ1) is 9.27. The Morgan fingerprint density at radius 1 is 1.44 bits per heavy atom. The molecule has 3 heteroatoms. The van der Waals surface area contributed by atoms with Crippen LogP contribution in [0.25, 0.3) is 0 Å². The largest absolute Gasteiger partial charge is 0.345 e. The van der Waals surface area contributed by atoms with Crippen LogP contribution in [0.5, 0.6) is 0 Å². The van der Waals surface area contributed by atoms with Crippen LogP contribution < -0.4 is 0 Å². The number of methoxy groups -OCH3 is 2. The summed E-state index contributed by atoms with van der Waals surface area (Å²) in [4.78, 5) is 0. The average Bonchev–Trinajstić information content (AvgIpc) is 1.89. The Morgan fingerprint density at radius 2 is 1.89 bits per heavy atom. The zero-order valence-electron chi connectivity index (χ0n) is 5.89. The fraction of sp³-hybridized carbons (Fsp3) is 0.833. The van der Waals surface area contributed by atoms with E-state index in [4.69, 9.17) is 9.47 Å². The first-order valence-electron chi connectivity index (χ1n) is 2.80. The third-order valence-electron chi connectivity index (χ3n) is 1.13. The van der Waals surface area contributed by atoms with Crippen molar-refractivity contribution in [3.8, 4) is 0 Å². The van der Waals surface area contributed by atoms with Gasteiger partial charge in [-0.15, -0.1) is 12.6 Å². The van der Waals surface area contributed by atoms with Crippen LogP contribution in [-0.4, -0.2) is 19.3 Å². The summed E-state index contributed by atoms with van der Waals surface area (Å²) in [5.74, 6) is 0. The SMILES string of the molecule is [CH2]CCC(S)(OC)OC. The molecule has 0 bridgehead atoms. The summed E-state index contributed by atoms with van der Waals surface area (Å²) in [6.07, 6.45) is 1.45. The Balaban J connectivity index is 3.62. The van der Waals surface area contributed by atoms with E-state index in [0.717, 1.165) is 6.42 Å². The van der Waals surface area contributed by atoms with Gasteiger partial charge in [-0.3, -0.25) is 0 Å². The third-order valence-corrected chi connectivity index (χ3v) is 1.72. The molecule has 55 valence electrons. The molecule has 0 aliphatic heterocycles. The van der Waals surface area contributed by atoms with Gasteiger partial charge in [0, 0.05) is 20.6 Å². The summed E-state index contributed by atoms with van der Waals surface area (Å²) in [6, 6.07) is 0. The molecule has 2 nitrogen and oxygen atoms in total. The highest BCUT2D eigenvalue weighted by molar-refractivity contribution is 7.81. The maximum absolute atomic E-state index is 4.93. The molecule has 1 radical (unpaired) electrons. The van der Waals surface area contributed by atoms with E-state index in [1.165, 1.54) is 0 Å². The predicted molar refractivity (Wildman–Crippen MR) is 40.3 cm³/mol. The van der Waals surface area contributed by atoms with Crippen molar-refractivity contribution in [2.45, 2.75) is 18.0 Å². The highest BCUT2D eigenvalue weighted by Crippen LogP contribution is 2.21. The molecule has 0 aromatic heterocycles. The van der Waals surface area contributed by atoms with Crippen molar-refractivity contribution in [2.75, 3.05) is 14.2 Å². The Hall–Kier alpha value is 0.270. The molecule has 0 N–H and O–H groups in total. The molecule has 0 saturated heterocycles. The average molecular weight is 149 g/mol. The summed E-state index contributed by atoms with van der Waals surface area (Å²) >= 11 is 4.11. The fourth-order valence-corrected chi connectivity index (χ4v) is 0.669. The molecule has 0 aliphatic rings. The molecular formula is C6H13O2S. The van der Waals surface area contributed by atoms with Gasteiger partial charge < -0.3 is 9.47 Å². The van der Waals surface area contributed by atoms with Crippen LogP contribution in [0, 0.1) is 6.92 Å². The van der Waals surface area contributed by atoms with Crippen LogP contribution in [0.1, 0.15) is 12.8 Å². The molecule has 0 saturated carbocycles. The van der Waals surface area contributed by atoms with Gasteiger partial charge in [-0.2, -0.15) is 0 Å². The van der Waals surface area contributed by atoms with E-state index in [1.807, 2.05) is 0 Å². The van der Waals surface area contributed by atoms with Gasteiger partial charge in [0.1, 0.15) is 0 Å². The van der Waals surface area contributed by atoms with Crippen LogP contribution in [0.15, 0.2) is 0 Å². The van der Waals surface area contributed by atoms with Crippen molar-refractivity contribution in [1.82, 2.24) is 0 Å². The van der Waals surface area contributed by atoms with Gasteiger partial charge in [0.25, 0.3) is 0 Å². The Labute approximate surface area is 61.9 Å². The van der Waals surface area contributed by atoms with Crippen molar-refractivity contribution < 1.29 is 9.47 Å². The van der Waals surface area contributed by atoms with Gasteiger partial charge in [0.2, 0.25) is 5.12 Å². The van der Waals surface area contributed by atoms with E-state index in [-0.39, 0.29) is 0 Å². The molecule has 0 aliphatic carbocycles. The summed E-state index contributed by atoms with van der Waals surface area (Å²) in [5, 5.41) is -0.734. The smallest absolute Gasteiger partial charge is 0.214 e. The van der Waals surface area contributed by atoms with E-state index in [1.54, 1.807) is 14.2 Å². The number of hydrogen-bond donors (Lipinski definition) is 1. The molecule has 0 atom stereocenters. The summed E-state index contributed by atoms with van der Waals surface area (Å²) in [6.45, 7) is 3.66. The molecule has 0 heterocycles. The Bertz CT molecular complexity index is 71.5. The lowest BCUT2D eigenvalue weighted by Gasteiger charge is -2.23. The van der Waals surface area contributed by atoms with Crippen LogP contribution in [0.4, 0.5) is 0 Å². The fourth-order valence-electron chi connectivity index (χ4n) is 0.511. The summed E-state index contributed by atoms with van der Waals surface area (Å²) in [5.41, 5.74) is 0. The maximum atomic E-state index is 4.93. The lowest BCUT2D eigenvalue weighted by atomic mass is 10.3. The highest BCUT2D eigenvalue weighted by Gasteiger charge is 2.21. The predicted octanol–water partition coefficient (Wildman–Crippen LogP) is 1.48. The minimum absolute atomic E-state index is 0.698. The van der Waals surface area contributed by atoms with E-state index in [9.17, 15) is 0 Å². The number of thiol groups is 1. The minimum Gasteiger partial charge on any atom is -0.345 e. The van der Waals surface area contributed by atoms with Gasteiger partial charge in [0.15, 0.2) is 0 Å². The monoisotopic (exact) mass is 149 g/mol. The van der Waals surface area contributed by atoms with Crippen molar-refractivity contribution in [2.24, 2.45) is 0 Å². The van der Waals surface area contributed by atoms with Crippen LogP contribution in [-0.2, 0) is 9.47 Å². The lowest BCUT2D eigenvalue weighted by molar-refractivity contribution is -0.135. The second-order valence-electron chi connectivity index (χ2n) is 1.72. The third kappa shape index (κ3) is 3.08. The second kappa shape index (κ2) is 4.14. The number of ether oxygens (including phenoxy) is 2. The Kier molecular flexibility index (Phi) is 4.27. The van der Waals surface area contributed by atoms with E-state index >= 15 is 0 Å². The van der Waals surface area contributed by atoms with Gasteiger partial charge in [0.05, 0.1) is 0 Å². The maximum Gasteiger partial charge on any atom is 0.214 e. The molecule has 0 amide bonds. The van der Waals surface area contributed by atoms with Gasteiger partial charge in [-0.25, -0.2) is 0 Å². The van der Waals surface area contributed by atoms with Crippen molar-refractivity contribution in [3.05, 3.63) is 6.92 Å². The summed E-state index contributed by atoms with van der Waals surface area (Å²) in [7, 11) is 3.12. The number of hydrogen-bond acceptors (Lipinski definition) is 3. The summed E-state index contributed by atoms with van der Waals surface area (Å²) < 4.78 is 9.86. The first-order valence-corrected chi connectivity index (χ1v) is 3.25. The van der Waals surface area contributed by atoms with E-state index in [2.05, 4.69) is 19.6 Å². The number of rotatable bonds is 4. The van der Waals surface area contributed by atoms with Crippen LogP contribution in [0.2, 0.25) is 0 Å². The zero-order valence-corrected chi connectivity index (χ0v) is 6.78. The lowest BCUT2D eigenvalue weighted by Crippen LogP contribution is -2.25. The molecule has 0 rings (SSSR count). The molecule has 0 fully saturated rings. The van der Waals surface area contributed by atoms with Crippen molar-refractivity contribution >= 4 is 12.6 Å². The molecule has 0 spiro atoms. The van der Waals surface area contributed by atoms with Crippen LogP contribution >= 0.6 is 12.6 Å². The minimum atomic E-state index is -0.734. The zero-order chi connectivity index (χ0) is 7.33. The van der Waals surface area contributed by atoms with Crippen molar-refractivity contribution in [3.63, 3.8) is 0 Å². The molecule has 0 aromatic carbocycles. The molecular weight excluding hydrogens is 136 g/mol. The Morgan fingerprint density at radius 3 is 2.00 bits per heavy atom. The van der Waals surface area contributed by atoms with Gasteiger partial charge in [-0.1, -0.05) is 6.92 Å². The van der Waals surface area contributed by atoms with Gasteiger partial charge >= 0.3 is 0 Å². The van der Waals surface area contributed by atoms with Crippen molar-refractivity contribution in [1.29, 1.82) is 0 Å². The second-order valence-corrected chi connectivity index (χ2v) is 2.41. The molecule has 9 heavy (non-hydrogen) atoms. The van der Waals surface area contributed by atoms with E-state index in [0.29, 0.717) is 6.42 Å². The normalized spacial score (nSPS) is 12.0. The quantitative estimate of drug-likeness (QED) is 0.482. The highest BCUT2D eigenvalue weighted by atomic mass is 32.1. The standard InChI is InChI=1S/C6H13O2S/c1-4-5-6(9,7-2)8-3/h9H,1,4-5H2,2-3H3.